The maximum absolute atomic E-state index is 13.6. The normalized spacial score (nSPS) is 17.3. The van der Waals surface area contributed by atoms with Crippen LogP contribution in [0.25, 0.3) is 5.76 Å². The second-order valence-electron chi connectivity index (χ2n) is 9.92. The van der Waals surface area contributed by atoms with Crippen molar-refractivity contribution in [2.24, 2.45) is 0 Å². The van der Waals surface area contributed by atoms with Crippen LogP contribution in [-0.2, 0) is 15.3 Å². The van der Waals surface area contributed by atoms with Crippen molar-refractivity contribution in [3.63, 3.8) is 0 Å². The van der Waals surface area contributed by atoms with Crippen molar-refractivity contribution < 1.29 is 28.9 Å². The molecule has 9 nitrogen and oxygen atoms in total. The molecule has 1 unspecified atom stereocenters. The summed E-state index contributed by atoms with van der Waals surface area (Å²) < 4.78 is 17.8. The number of aliphatic hydroxyl groups is 1. The quantitative estimate of drug-likeness (QED) is 0.0540. The Bertz CT molecular complexity index is 1660. The fourth-order valence-electron chi connectivity index (χ4n) is 4.85. The Hall–Kier alpha value is -4.35. The highest BCUT2D eigenvalue weighted by atomic mass is 32.2. The third-order valence-corrected chi connectivity index (χ3v) is 9.16. The number of hydrogen-bond acceptors (Lipinski definition) is 10. The maximum atomic E-state index is 13.6. The zero-order valence-corrected chi connectivity index (χ0v) is 25.0. The van der Waals surface area contributed by atoms with Crippen molar-refractivity contribution in [2.75, 3.05) is 24.7 Å². The van der Waals surface area contributed by atoms with E-state index in [9.17, 15) is 14.7 Å². The van der Waals surface area contributed by atoms with Gasteiger partial charge in [0, 0.05) is 11.3 Å². The van der Waals surface area contributed by atoms with Gasteiger partial charge in [0.2, 0.25) is 5.13 Å². The Morgan fingerprint density at radius 1 is 1.02 bits per heavy atom. The van der Waals surface area contributed by atoms with Crippen molar-refractivity contribution in [1.29, 1.82) is 0 Å². The SMILES string of the molecule is CCCCOc1ccc(C2/C(=C(\O)c3ccc4c(c3)OCCO4)C(=O)C(=O)N2c2nnc(SCc3ccccc3)s2)cc1. The summed E-state index contributed by atoms with van der Waals surface area (Å²) in [5, 5.41) is 20.4. The zero-order chi connectivity index (χ0) is 29.8. The fourth-order valence-corrected chi connectivity index (χ4v) is 6.67. The van der Waals surface area contributed by atoms with Gasteiger partial charge in [-0.2, -0.15) is 0 Å². The molecule has 1 amide bonds. The van der Waals surface area contributed by atoms with Gasteiger partial charge >= 0.3 is 5.91 Å². The smallest absolute Gasteiger partial charge is 0.301 e. The first-order chi connectivity index (χ1) is 21.0. The molecule has 0 spiro atoms. The minimum absolute atomic E-state index is 0.0463. The molecular formula is C32H29N3O6S2. The van der Waals surface area contributed by atoms with E-state index < -0.39 is 17.7 Å². The number of fused-ring (bicyclic) bond motifs is 1. The predicted octanol–water partition coefficient (Wildman–Crippen LogP) is 6.41. The predicted molar refractivity (Wildman–Crippen MR) is 165 cm³/mol. The number of aromatic nitrogens is 2. The minimum Gasteiger partial charge on any atom is -0.507 e. The second kappa shape index (κ2) is 12.9. The third-order valence-electron chi connectivity index (χ3n) is 7.03. The van der Waals surface area contributed by atoms with Gasteiger partial charge in [-0.1, -0.05) is 78.9 Å². The zero-order valence-electron chi connectivity index (χ0n) is 23.4. The number of carbonyl (C=O) groups is 2. The van der Waals surface area contributed by atoms with Crippen molar-refractivity contribution >= 4 is 45.7 Å². The number of nitrogens with zero attached hydrogens (tertiary/aromatic N) is 3. The number of Topliss-reactive ketones (excluding diaryl/α,β-unsaturated/α-hetero) is 1. The average molecular weight is 616 g/mol. The van der Waals surface area contributed by atoms with Crippen LogP contribution in [0.5, 0.6) is 17.2 Å². The summed E-state index contributed by atoms with van der Waals surface area (Å²) in [6.45, 7) is 3.48. The molecule has 6 rings (SSSR count). The lowest BCUT2D eigenvalue weighted by atomic mass is 9.95. The molecule has 1 aromatic heterocycles. The van der Waals surface area contributed by atoms with Gasteiger partial charge in [-0.05, 0) is 47.9 Å². The van der Waals surface area contributed by atoms with Crippen LogP contribution in [0.15, 0.2) is 82.7 Å². The van der Waals surface area contributed by atoms with Gasteiger partial charge < -0.3 is 19.3 Å². The lowest BCUT2D eigenvalue weighted by Gasteiger charge is -2.23. The van der Waals surface area contributed by atoms with Crippen LogP contribution in [-0.4, -0.2) is 46.8 Å². The first kappa shape index (κ1) is 28.8. The van der Waals surface area contributed by atoms with Gasteiger partial charge in [-0.25, -0.2) is 0 Å². The van der Waals surface area contributed by atoms with Crippen LogP contribution in [0.2, 0.25) is 0 Å². The van der Waals surface area contributed by atoms with Gasteiger partial charge in [0.05, 0.1) is 18.2 Å². The number of ether oxygens (including phenoxy) is 3. The van der Waals surface area contributed by atoms with Crippen molar-refractivity contribution in [3.05, 3.63) is 95.1 Å². The van der Waals surface area contributed by atoms with Crippen LogP contribution in [0.1, 0.15) is 42.5 Å². The molecule has 0 bridgehead atoms. The first-order valence-corrected chi connectivity index (χ1v) is 15.8. The summed E-state index contributed by atoms with van der Waals surface area (Å²) in [7, 11) is 0. The summed E-state index contributed by atoms with van der Waals surface area (Å²) in [5.74, 6) is 0.455. The summed E-state index contributed by atoms with van der Waals surface area (Å²) in [6.07, 6.45) is 1.94. The Balaban J connectivity index is 1.37. The molecule has 220 valence electrons. The van der Waals surface area contributed by atoms with E-state index in [1.54, 1.807) is 42.5 Å². The van der Waals surface area contributed by atoms with Gasteiger partial charge in [0.1, 0.15) is 24.7 Å². The summed E-state index contributed by atoms with van der Waals surface area (Å²) in [6, 6.07) is 21.2. The highest BCUT2D eigenvalue weighted by Gasteiger charge is 2.48. The molecule has 2 aliphatic rings. The van der Waals surface area contributed by atoms with E-state index in [2.05, 4.69) is 17.1 Å². The highest BCUT2D eigenvalue weighted by Crippen LogP contribution is 2.45. The number of anilines is 1. The van der Waals surface area contributed by atoms with Crippen LogP contribution in [0, 0.1) is 0 Å². The van der Waals surface area contributed by atoms with Crippen LogP contribution < -0.4 is 19.1 Å². The number of unbranched alkanes of at least 4 members (excludes halogenated alkanes) is 1. The minimum atomic E-state index is -0.933. The lowest BCUT2D eigenvalue weighted by Crippen LogP contribution is -2.29. The summed E-state index contributed by atoms with van der Waals surface area (Å²) >= 11 is 2.73. The summed E-state index contributed by atoms with van der Waals surface area (Å²) in [4.78, 5) is 28.5. The Labute approximate surface area is 257 Å². The lowest BCUT2D eigenvalue weighted by molar-refractivity contribution is -0.132. The van der Waals surface area contributed by atoms with Crippen LogP contribution in [0.3, 0.4) is 0 Å². The second-order valence-corrected chi connectivity index (χ2v) is 12.1. The van der Waals surface area contributed by atoms with Crippen molar-refractivity contribution in [2.45, 2.75) is 35.9 Å². The standard InChI is InChI=1S/C32H29N3O6S2/c1-2-3-15-39-23-12-9-21(10-13-23)27-26(28(36)22-11-14-24-25(18-22)41-17-16-40-24)29(37)30(38)35(27)31-33-34-32(43-31)42-19-20-7-5-4-6-8-20/h4-14,18,27,36H,2-3,15-17,19H2,1H3/b28-26+. The molecule has 0 saturated carbocycles. The molecule has 2 aliphatic heterocycles. The van der Waals surface area contributed by atoms with E-state index in [0.29, 0.717) is 58.3 Å². The number of benzene rings is 3. The molecule has 4 aromatic rings. The van der Waals surface area contributed by atoms with E-state index in [1.165, 1.54) is 28.0 Å². The number of rotatable bonds is 10. The topological polar surface area (TPSA) is 111 Å². The molecule has 3 aromatic carbocycles. The Morgan fingerprint density at radius 3 is 2.56 bits per heavy atom. The molecule has 0 radical (unpaired) electrons. The van der Waals surface area contributed by atoms with Gasteiger partial charge in [-0.15, -0.1) is 10.2 Å². The number of hydrogen-bond donors (Lipinski definition) is 1. The molecule has 1 N–H and O–H groups in total. The van der Waals surface area contributed by atoms with Gasteiger partial charge in [-0.3, -0.25) is 14.5 Å². The monoisotopic (exact) mass is 615 g/mol. The van der Waals surface area contributed by atoms with E-state index in [4.69, 9.17) is 14.2 Å². The van der Waals surface area contributed by atoms with Gasteiger partial charge in [0.15, 0.2) is 15.8 Å². The van der Waals surface area contributed by atoms with Crippen molar-refractivity contribution in [1.82, 2.24) is 10.2 Å². The van der Waals surface area contributed by atoms with Crippen LogP contribution in [0.4, 0.5) is 5.13 Å². The third kappa shape index (κ3) is 6.09. The van der Waals surface area contributed by atoms with E-state index >= 15 is 0 Å². The molecule has 0 aliphatic carbocycles. The molecule has 1 fully saturated rings. The van der Waals surface area contributed by atoms with E-state index in [1.807, 2.05) is 30.3 Å². The summed E-state index contributed by atoms with van der Waals surface area (Å²) in [5.41, 5.74) is 2.04. The number of thioether (sulfide) groups is 1. The fraction of sp³-hybridized carbons (Fsp3) is 0.250. The largest absolute Gasteiger partial charge is 0.507 e. The highest BCUT2D eigenvalue weighted by molar-refractivity contribution is 8.00. The molecule has 1 atom stereocenters. The number of aliphatic hydroxyl groups excluding tert-OH is 1. The molecule has 11 heteroatoms. The van der Waals surface area contributed by atoms with Crippen LogP contribution >= 0.6 is 23.1 Å². The van der Waals surface area contributed by atoms with Gasteiger partial charge in [0.25, 0.3) is 5.78 Å². The molecule has 1 saturated heterocycles. The maximum Gasteiger partial charge on any atom is 0.301 e. The first-order valence-electron chi connectivity index (χ1n) is 14.0. The van der Waals surface area contributed by atoms with E-state index in [0.717, 1.165) is 18.4 Å². The molecule has 43 heavy (non-hydrogen) atoms. The molecular weight excluding hydrogens is 587 g/mol. The number of carbonyl (C=O) groups excluding carboxylic acids is 2. The van der Waals surface area contributed by atoms with E-state index in [-0.39, 0.29) is 16.5 Å². The number of amides is 1. The van der Waals surface area contributed by atoms with Crippen molar-refractivity contribution in [3.8, 4) is 17.2 Å². The molecule has 3 heterocycles. The Kier molecular flexibility index (Phi) is 8.62. The average Bonchev–Trinajstić information content (AvgIpc) is 3.62. The Morgan fingerprint density at radius 2 is 1.79 bits per heavy atom. The number of ketones is 1.